The van der Waals surface area contributed by atoms with E-state index in [1.807, 2.05) is 6.92 Å². The molecule has 9 heteroatoms. The number of carbonyl (C=O) groups excluding carboxylic acids is 2. The Morgan fingerprint density at radius 1 is 1.24 bits per heavy atom. The normalized spacial score (nSPS) is 25.1. The lowest BCUT2D eigenvalue weighted by atomic mass is 9.63. The largest absolute Gasteiger partial charge is 0.372 e. The molecule has 154 valence electrons. The van der Waals surface area contributed by atoms with E-state index in [1.165, 1.54) is 11.3 Å². The fraction of sp³-hybridized carbons (Fsp3) is 0.500. The Kier molecular flexibility index (Phi) is 4.98. The Hall–Kier alpha value is -2.26. The van der Waals surface area contributed by atoms with Gasteiger partial charge in [-0.2, -0.15) is 13.8 Å². The first-order valence-electron chi connectivity index (χ1n) is 9.43. The van der Waals surface area contributed by atoms with Crippen molar-refractivity contribution in [2.24, 2.45) is 11.3 Å². The van der Waals surface area contributed by atoms with Crippen LogP contribution in [-0.4, -0.2) is 28.4 Å². The number of rotatable bonds is 4. The van der Waals surface area contributed by atoms with Gasteiger partial charge in [0.2, 0.25) is 17.8 Å². The molecule has 3 heterocycles. The average Bonchev–Trinajstić information content (AvgIpc) is 2.92. The lowest BCUT2D eigenvalue weighted by molar-refractivity contribution is -0.156. The van der Waals surface area contributed by atoms with Crippen LogP contribution >= 0.6 is 11.3 Å². The van der Waals surface area contributed by atoms with Gasteiger partial charge < -0.3 is 4.74 Å². The molecule has 0 spiro atoms. The van der Waals surface area contributed by atoms with Crippen LogP contribution in [0.25, 0.3) is 0 Å². The molecule has 2 aromatic rings. The zero-order valence-electron chi connectivity index (χ0n) is 16.3. The van der Waals surface area contributed by atoms with Crippen LogP contribution in [0.4, 0.5) is 8.78 Å². The number of ether oxygens (including phenoxy) is 1. The van der Waals surface area contributed by atoms with Gasteiger partial charge >= 0.3 is 0 Å². The number of aromatic nitrogens is 2. The van der Waals surface area contributed by atoms with Crippen molar-refractivity contribution in [1.29, 1.82) is 0 Å². The minimum atomic E-state index is -0.990. The number of carbonyl (C=O) groups is 2. The number of nitrogens with zero attached hydrogens (tertiary/aromatic N) is 2. The smallest absolute Gasteiger partial charge is 0.277 e. The summed E-state index contributed by atoms with van der Waals surface area (Å²) in [5, 5.41) is 3.28. The Morgan fingerprint density at radius 3 is 2.45 bits per heavy atom. The predicted octanol–water partition coefficient (Wildman–Crippen LogP) is 3.67. The predicted molar refractivity (Wildman–Crippen MR) is 101 cm³/mol. The molecule has 29 heavy (non-hydrogen) atoms. The first-order chi connectivity index (χ1) is 13.7. The Labute approximate surface area is 170 Å². The van der Waals surface area contributed by atoms with Gasteiger partial charge in [-0.1, -0.05) is 13.8 Å². The van der Waals surface area contributed by atoms with Gasteiger partial charge in [0.1, 0.15) is 5.69 Å². The third-order valence-corrected chi connectivity index (χ3v) is 6.94. The highest BCUT2D eigenvalue weighted by atomic mass is 32.1. The molecule has 6 nitrogen and oxygen atoms in total. The van der Waals surface area contributed by atoms with Crippen LogP contribution in [0, 0.1) is 30.2 Å². The fourth-order valence-corrected chi connectivity index (χ4v) is 5.11. The quantitative estimate of drug-likeness (QED) is 0.602. The van der Waals surface area contributed by atoms with E-state index in [-0.39, 0.29) is 23.3 Å². The molecule has 1 aliphatic carbocycles. The number of pyridine rings is 1. The summed E-state index contributed by atoms with van der Waals surface area (Å²) in [6.45, 7) is 6.24. The van der Waals surface area contributed by atoms with E-state index in [1.54, 1.807) is 0 Å². The molecule has 3 atom stereocenters. The van der Waals surface area contributed by atoms with Gasteiger partial charge in [0.25, 0.3) is 5.91 Å². The number of aryl methyl sites for hydroxylation is 1. The van der Waals surface area contributed by atoms with Gasteiger partial charge in [-0.05, 0) is 42.9 Å². The van der Waals surface area contributed by atoms with E-state index in [0.29, 0.717) is 5.92 Å². The van der Waals surface area contributed by atoms with Crippen molar-refractivity contribution in [3.63, 3.8) is 0 Å². The zero-order valence-corrected chi connectivity index (χ0v) is 17.1. The van der Waals surface area contributed by atoms with Gasteiger partial charge in [-0.25, -0.2) is 4.98 Å². The number of halogens is 2. The van der Waals surface area contributed by atoms with Crippen LogP contribution in [0.1, 0.15) is 64.6 Å². The second kappa shape index (κ2) is 7.21. The highest BCUT2D eigenvalue weighted by Crippen LogP contribution is 2.53. The van der Waals surface area contributed by atoms with E-state index >= 15 is 0 Å². The topological polar surface area (TPSA) is 81.2 Å². The summed E-state index contributed by atoms with van der Waals surface area (Å²) in [5.41, 5.74) is 0.589. The Morgan fingerprint density at radius 2 is 1.93 bits per heavy atom. The lowest BCUT2D eigenvalue weighted by Gasteiger charge is -2.43. The standard InChI is InChI=1S/C20H21F2N3O3S/c1-9-15(24-19(29-9)12-4-5-20(12,2)3)18(27)25-17(26)11-8-28-16(11)10-6-13(21)23-14(22)7-10/h6-7,11-12,16H,4-5,8H2,1-3H3,(H,25,26,27). The molecule has 0 radical (unpaired) electrons. The first-order valence-corrected chi connectivity index (χ1v) is 10.2. The minimum Gasteiger partial charge on any atom is -0.372 e. The van der Waals surface area contributed by atoms with Crippen LogP contribution in [0.15, 0.2) is 12.1 Å². The van der Waals surface area contributed by atoms with E-state index in [9.17, 15) is 18.4 Å². The Bertz CT molecular complexity index is 971. The van der Waals surface area contributed by atoms with Gasteiger partial charge in [0, 0.05) is 10.8 Å². The lowest BCUT2D eigenvalue weighted by Crippen LogP contribution is -2.46. The van der Waals surface area contributed by atoms with E-state index in [4.69, 9.17) is 4.74 Å². The van der Waals surface area contributed by atoms with E-state index in [0.717, 1.165) is 34.9 Å². The third-order valence-electron chi connectivity index (χ3n) is 5.85. The summed E-state index contributed by atoms with van der Waals surface area (Å²) in [5.74, 6) is -3.49. The van der Waals surface area contributed by atoms with Gasteiger partial charge in [0.05, 0.1) is 23.6 Å². The van der Waals surface area contributed by atoms with Crippen molar-refractivity contribution in [3.05, 3.63) is 45.2 Å². The van der Waals surface area contributed by atoms with Gasteiger partial charge in [-0.15, -0.1) is 11.3 Å². The molecular weight excluding hydrogens is 400 g/mol. The maximum Gasteiger partial charge on any atom is 0.277 e. The molecule has 3 unspecified atom stereocenters. The molecule has 2 fully saturated rings. The number of hydrogen-bond donors (Lipinski definition) is 1. The highest BCUT2D eigenvalue weighted by Gasteiger charge is 2.43. The monoisotopic (exact) mass is 421 g/mol. The number of nitrogens with one attached hydrogen (secondary N) is 1. The SMILES string of the molecule is Cc1sc(C2CCC2(C)C)nc1C(=O)NC(=O)C1COC1c1cc(F)nc(F)c1. The van der Waals surface area contributed by atoms with Crippen molar-refractivity contribution >= 4 is 23.2 Å². The number of imide groups is 1. The Balaban J connectivity index is 1.45. The summed E-state index contributed by atoms with van der Waals surface area (Å²) in [6, 6.07) is 2.04. The highest BCUT2D eigenvalue weighted by molar-refractivity contribution is 7.12. The summed E-state index contributed by atoms with van der Waals surface area (Å²) in [7, 11) is 0. The second-order valence-corrected chi connectivity index (χ2v) is 9.50. The summed E-state index contributed by atoms with van der Waals surface area (Å²) < 4.78 is 32.0. The first kappa shape index (κ1) is 20.0. The van der Waals surface area contributed by atoms with Crippen LogP contribution in [0.2, 0.25) is 0 Å². The molecule has 1 N–H and O–H groups in total. The summed E-state index contributed by atoms with van der Waals surface area (Å²) >= 11 is 1.49. The molecule has 1 aliphatic heterocycles. The van der Waals surface area contributed by atoms with Crippen molar-refractivity contribution in [1.82, 2.24) is 15.3 Å². The maximum absolute atomic E-state index is 13.3. The van der Waals surface area contributed by atoms with Crippen molar-refractivity contribution < 1.29 is 23.1 Å². The number of thiazole rings is 1. The third kappa shape index (κ3) is 3.69. The second-order valence-electron chi connectivity index (χ2n) is 8.26. The number of amides is 2. The van der Waals surface area contributed by atoms with E-state index < -0.39 is 35.7 Å². The molecule has 1 saturated heterocycles. The average molecular weight is 421 g/mol. The molecule has 4 rings (SSSR count). The molecule has 1 saturated carbocycles. The molecule has 2 amide bonds. The van der Waals surface area contributed by atoms with Crippen LogP contribution in [0.3, 0.4) is 0 Å². The maximum atomic E-state index is 13.3. The van der Waals surface area contributed by atoms with E-state index in [2.05, 4.69) is 29.1 Å². The van der Waals surface area contributed by atoms with Crippen LogP contribution < -0.4 is 5.32 Å². The summed E-state index contributed by atoms with van der Waals surface area (Å²) in [4.78, 5) is 33.4. The molecule has 0 bridgehead atoms. The minimum absolute atomic E-state index is 0.0624. The van der Waals surface area contributed by atoms with Crippen molar-refractivity contribution in [2.45, 2.75) is 45.6 Å². The van der Waals surface area contributed by atoms with Crippen LogP contribution in [-0.2, 0) is 9.53 Å². The van der Waals surface area contributed by atoms with Gasteiger partial charge in [0.15, 0.2) is 0 Å². The summed E-state index contributed by atoms with van der Waals surface area (Å²) in [6.07, 6.45) is 1.34. The molecule has 2 aromatic heterocycles. The fourth-order valence-electron chi connectivity index (χ4n) is 3.84. The molecular formula is C20H21F2N3O3S. The van der Waals surface area contributed by atoms with Crippen molar-refractivity contribution in [3.8, 4) is 0 Å². The van der Waals surface area contributed by atoms with Crippen LogP contribution in [0.5, 0.6) is 0 Å². The number of hydrogen-bond acceptors (Lipinski definition) is 6. The zero-order chi connectivity index (χ0) is 20.9. The van der Waals surface area contributed by atoms with Gasteiger partial charge in [-0.3, -0.25) is 14.9 Å². The van der Waals surface area contributed by atoms with Crippen molar-refractivity contribution in [2.75, 3.05) is 6.61 Å². The molecule has 2 aliphatic rings. The molecule has 0 aromatic carbocycles.